The molecule has 1 aliphatic rings. The van der Waals surface area contributed by atoms with Crippen molar-refractivity contribution < 1.29 is 8.42 Å². The Kier molecular flexibility index (Phi) is 5.36. The molecular weight excluding hydrogens is 318 g/mol. The smallest absolute Gasteiger partial charge is 0.177 e. The first-order valence-electron chi connectivity index (χ1n) is 8.38. The van der Waals surface area contributed by atoms with E-state index in [1.54, 1.807) is 0 Å². The predicted octanol–water partition coefficient (Wildman–Crippen LogP) is 3.78. The van der Waals surface area contributed by atoms with Gasteiger partial charge in [0.15, 0.2) is 9.84 Å². The van der Waals surface area contributed by atoms with Crippen LogP contribution in [-0.4, -0.2) is 26.4 Å². The van der Waals surface area contributed by atoms with E-state index in [4.69, 9.17) is 0 Å². The van der Waals surface area contributed by atoms with Crippen LogP contribution < -0.4 is 0 Å². The van der Waals surface area contributed by atoms with Gasteiger partial charge < -0.3 is 4.90 Å². The summed E-state index contributed by atoms with van der Waals surface area (Å²) in [5, 5.41) is 1.50. The Balaban J connectivity index is 1.84. The van der Waals surface area contributed by atoms with Gasteiger partial charge in [0, 0.05) is 25.2 Å². The highest BCUT2D eigenvalue weighted by Crippen LogP contribution is 2.21. The first kappa shape index (κ1) is 16.8. The van der Waals surface area contributed by atoms with E-state index < -0.39 is 9.84 Å². The van der Waals surface area contributed by atoms with E-state index in [1.807, 2.05) is 60.7 Å². The second-order valence-corrected chi connectivity index (χ2v) is 8.11. The SMILES string of the molecule is O=S(=O)(/C=C(/Cc1ccccc1)N1CCCC1)Cc1ccccc1. The van der Waals surface area contributed by atoms with Crippen LogP contribution >= 0.6 is 0 Å². The van der Waals surface area contributed by atoms with Gasteiger partial charge in [0.2, 0.25) is 0 Å². The Hall–Kier alpha value is -2.07. The summed E-state index contributed by atoms with van der Waals surface area (Å²) in [5.41, 5.74) is 2.88. The zero-order valence-corrected chi connectivity index (χ0v) is 14.6. The molecule has 4 heteroatoms. The van der Waals surface area contributed by atoms with Crippen molar-refractivity contribution in [1.29, 1.82) is 0 Å². The van der Waals surface area contributed by atoms with E-state index in [0.717, 1.165) is 42.8 Å². The maximum absolute atomic E-state index is 12.7. The number of sulfone groups is 1. The predicted molar refractivity (Wildman–Crippen MR) is 98.1 cm³/mol. The first-order chi connectivity index (χ1) is 11.6. The van der Waals surface area contributed by atoms with Crippen LogP contribution in [-0.2, 0) is 22.0 Å². The molecule has 0 atom stereocenters. The zero-order valence-electron chi connectivity index (χ0n) is 13.8. The molecular formula is C20H23NO2S. The highest BCUT2D eigenvalue weighted by atomic mass is 32.2. The fourth-order valence-electron chi connectivity index (χ4n) is 3.09. The molecule has 3 nitrogen and oxygen atoms in total. The Labute approximate surface area is 144 Å². The summed E-state index contributed by atoms with van der Waals surface area (Å²) in [6, 6.07) is 19.4. The lowest BCUT2D eigenvalue weighted by atomic mass is 10.1. The van der Waals surface area contributed by atoms with Crippen molar-refractivity contribution in [2.75, 3.05) is 13.1 Å². The fraction of sp³-hybridized carbons (Fsp3) is 0.300. The summed E-state index contributed by atoms with van der Waals surface area (Å²) >= 11 is 0. The molecule has 0 aromatic heterocycles. The normalized spacial score (nSPS) is 15.7. The molecule has 2 aromatic rings. The van der Waals surface area contributed by atoms with Crippen molar-refractivity contribution in [3.8, 4) is 0 Å². The van der Waals surface area contributed by atoms with Gasteiger partial charge in [-0.25, -0.2) is 8.42 Å². The minimum Gasteiger partial charge on any atom is -0.374 e. The summed E-state index contributed by atoms with van der Waals surface area (Å²) in [6.45, 7) is 1.89. The number of rotatable bonds is 6. The fourth-order valence-corrected chi connectivity index (χ4v) is 4.48. The van der Waals surface area contributed by atoms with E-state index in [1.165, 1.54) is 5.41 Å². The molecule has 1 fully saturated rings. The molecule has 2 aromatic carbocycles. The Bertz CT molecular complexity index is 777. The molecule has 3 rings (SSSR count). The lowest BCUT2D eigenvalue weighted by molar-refractivity contribution is 0.417. The van der Waals surface area contributed by atoms with Crippen LogP contribution in [0.25, 0.3) is 0 Å². The second kappa shape index (κ2) is 7.67. The van der Waals surface area contributed by atoms with Gasteiger partial charge in [0.1, 0.15) is 0 Å². The molecule has 0 amide bonds. The molecule has 1 heterocycles. The number of benzene rings is 2. The minimum atomic E-state index is -3.30. The topological polar surface area (TPSA) is 37.4 Å². The maximum atomic E-state index is 12.7. The third kappa shape index (κ3) is 4.71. The van der Waals surface area contributed by atoms with E-state index in [0.29, 0.717) is 6.42 Å². The molecule has 0 bridgehead atoms. The lowest BCUT2D eigenvalue weighted by Gasteiger charge is -2.22. The van der Waals surface area contributed by atoms with Crippen LogP contribution in [0.15, 0.2) is 71.8 Å². The van der Waals surface area contributed by atoms with Crippen LogP contribution in [0.4, 0.5) is 0 Å². The van der Waals surface area contributed by atoms with Gasteiger partial charge in [-0.05, 0) is 24.0 Å². The molecule has 0 aliphatic carbocycles. The van der Waals surface area contributed by atoms with Crippen LogP contribution in [0, 0.1) is 0 Å². The minimum absolute atomic E-state index is 0.0555. The third-order valence-corrected chi connectivity index (χ3v) is 5.63. The van der Waals surface area contributed by atoms with E-state index in [2.05, 4.69) is 4.90 Å². The third-order valence-electron chi connectivity index (χ3n) is 4.27. The van der Waals surface area contributed by atoms with Gasteiger partial charge in [-0.15, -0.1) is 0 Å². The molecule has 0 N–H and O–H groups in total. The highest BCUT2D eigenvalue weighted by Gasteiger charge is 2.19. The number of likely N-dealkylation sites (tertiary alicyclic amines) is 1. The van der Waals surface area contributed by atoms with Crippen LogP contribution in [0.2, 0.25) is 0 Å². The molecule has 0 saturated carbocycles. The van der Waals surface area contributed by atoms with Gasteiger partial charge in [-0.1, -0.05) is 60.7 Å². The molecule has 1 aliphatic heterocycles. The summed E-state index contributed by atoms with van der Waals surface area (Å²) in [7, 11) is -3.30. The Morgan fingerprint density at radius 2 is 1.42 bits per heavy atom. The van der Waals surface area contributed by atoms with Gasteiger partial charge in [0.25, 0.3) is 0 Å². The lowest BCUT2D eigenvalue weighted by Crippen LogP contribution is -2.21. The van der Waals surface area contributed by atoms with Crippen LogP contribution in [0.3, 0.4) is 0 Å². The van der Waals surface area contributed by atoms with Crippen molar-refractivity contribution in [1.82, 2.24) is 4.90 Å². The standard InChI is InChI=1S/C20H23NO2S/c22-24(23,16-19-11-5-2-6-12-19)17-20(21-13-7-8-14-21)15-18-9-3-1-4-10-18/h1-6,9-12,17H,7-8,13-16H2/b20-17-. The van der Waals surface area contributed by atoms with E-state index >= 15 is 0 Å². The Morgan fingerprint density at radius 3 is 2.00 bits per heavy atom. The Morgan fingerprint density at radius 1 is 0.875 bits per heavy atom. The van der Waals surface area contributed by atoms with Crippen molar-refractivity contribution >= 4 is 9.84 Å². The van der Waals surface area contributed by atoms with E-state index in [9.17, 15) is 8.42 Å². The van der Waals surface area contributed by atoms with Gasteiger partial charge in [-0.2, -0.15) is 0 Å². The first-order valence-corrected chi connectivity index (χ1v) is 10.1. The van der Waals surface area contributed by atoms with Gasteiger partial charge in [0.05, 0.1) is 11.2 Å². The van der Waals surface area contributed by atoms with E-state index in [-0.39, 0.29) is 5.75 Å². The number of hydrogen-bond acceptors (Lipinski definition) is 3. The monoisotopic (exact) mass is 341 g/mol. The average molecular weight is 341 g/mol. The molecule has 1 saturated heterocycles. The zero-order chi connectivity index (χ0) is 16.8. The van der Waals surface area contributed by atoms with Crippen molar-refractivity contribution in [3.63, 3.8) is 0 Å². The molecule has 0 spiro atoms. The number of allylic oxidation sites excluding steroid dienone is 1. The van der Waals surface area contributed by atoms with Gasteiger partial charge in [-0.3, -0.25) is 0 Å². The molecule has 24 heavy (non-hydrogen) atoms. The summed E-state index contributed by atoms with van der Waals surface area (Å²) in [5.74, 6) is 0.0555. The molecule has 126 valence electrons. The second-order valence-electron chi connectivity index (χ2n) is 6.26. The van der Waals surface area contributed by atoms with Crippen molar-refractivity contribution in [2.45, 2.75) is 25.0 Å². The van der Waals surface area contributed by atoms with Crippen LogP contribution in [0.1, 0.15) is 24.0 Å². The summed E-state index contributed by atoms with van der Waals surface area (Å²) < 4.78 is 25.3. The number of nitrogens with zero attached hydrogens (tertiary/aromatic N) is 1. The average Bonchev–Trinajstić information content (AvgIpc) is 3.10. The molecule has 0 unspecified atom stereocenters. The summed E-state index contributed by atoms with van der Waals surface area (Å²) in [4.78, 5) is 2.22. The number of hydrogen-bond donors (Lipinski definition) is 0. The highest BCUT2D eigenvalue weighted by molar-refractivity contribution is 7.93. The van der Waals surface area contributed by atoms with Crippen LogP contribution in [0.5, 0.6) is 0 Å². The largest absolute Gasteiger partial charge is 0.374 e. The quantitative estimate of drug-likeness (QED) is 0.802. The van der Waals surface area contributed by atoms with Crippen molar-refractivity contribution in [3.05, 3.63) is 82.9 Å². The maximum Gasteiger partial charge on any atom is 0.177 e. The van der Waals surface area contributed by atoms with Gasteiger partial charge >= 0.3 is 0 Å². The van der Waals surface area contributed by atoms with Crippen molar-refractivity contribution in [2.24, 2.45) is 0 Å². The molecule has 0 radical (unpaired) electrons. The summed E-state index contributed by atoms with van der Waals surface area (Å²) in [6.07, 6.45) is 2.92.